The van der Waals surface area contributed by atoms with Crippen LogP contribution in [0.4, 0.5) is 11.4 Å². The molecule has 0 unspecified atom stereocenters. The number of carbonyl (C=O) groups excluding carboxylic acids is 1. The Morgan fingerprint density at radius 2 is 1.86 bits per heavy atom. The van der Waals surface area contributed by atoms with Crippen LogP contribution in [0.2, 0.25) is 0 Å². The molecule has 0 fully saturated rings. The molecule has 110 valence electrons. The van der Waals surface area contributed by atoms with Gasteiger partial charge in [-0.15, -0.1) is 11.8 Å². The van der Waals surface area contributed by atoms with Crippen LogP contribution < -0.4 is 11.1 Å². The van der Waals surface area contributed by atoms with Crippen LogP contribution in [-0.2, 0) is 4.79 Å². The lowest BCUT2D eigenvalue weighted by molar-refractivity contribution is -0.113. The van der Waals surface area contributed by atoms with Gasteiger partial charge in [0.05, 0.1) is 5.75 Å². The number of anilines is 2. The number of hydrogen-bond donors (Lipinski definition) is 2. The van der Waals surface area contributed by atoms with Crippen molar-refractivity contribution in [3.8, 4) is 0 Å². The molecule has 0 heterocycles. The number of thioether (sulfide) groups is 1. The van der Waals surface area contributed by atoms with Crippen molar-refractivity contribution in [2.24, 2.45) is 0 Å². The molecule has 0 aliphatic rings. The first-order chi connectivity index (χ1) is 9.95. The van der Waals surface area contributed by atoms with Crippen molar-refractivity contribution in [1.29, 1.82) is 0 Å². The van der Waals surface area contributed by atoms with Gasteiger partial charge in [0.2, 0.25) is 5.91 Å². The Balaban J connectivity index is 1.95. The van der Waals surface area contributed by atoms with Crippen LogP contribution in [-0.4, -0.2) is 11.7 Å². The molecule has 2 rings (SSSR count). The third-order valence-electron chi connectivity index (χ3n) is 3.32. The number of nitrogen functional groups attached to an aromatic ring is 1. The van der Waals surface area contributed by atoms with Gasteiger partial charge in [0.25, 0.3) is 0 Å². The molecule has 0 aliphatic carbocycles. The number of amides is 1. The first-order valence-electron chi connectivity index (χ1n) is 6.82. The first kappa shape index (κ1) is 15.4. The minimum absolute atomic E-state index is 0.0239. The zero-order valence-corrected chi connectivity index (χ0v) is 13.4. The van der Waals surface area contributed by atoms with Crippen LogP contribution in [0.3, 0.4) is 0 Å². The fraction of sp³-hybridized carbons (Fsp3) is 0.235. The van der Waals surface area contributed by atoms with Gasteiger partial charge in [-0.25, -0.2) is 0 Å². The molecular weight excluding hydrogens is 280 g/mol. The summed E-state index contributed by atoms with van der Waals surface area (Å²) in [7, 11) is 0. The lowest BCUT2D eigenvalue weighted by Gasteiger charge is -2.09. The number of nitrogens with two attached hydrogens (primary N) is 1. The van der Waals surface area contributed by atoms with Crippen LogP contribution in [0.1, 0.15) is 16.7 Å². The lowest BCUT2D eigenvalue weighted by atomic mass is 10.1. The van der Waals surface area contributed by atoms with Gasteiger partial charge in [-0.05, 0) is 61.7 Å². The molecule has 3 nitrogen and oxygen atoms in total. The van der Waals surface area contributed by atoms with Crippen molar-refractivity contribution in [1.82, 2.24) is 0 Å². The molecule has 21 heavy (non-hydrogen) atoms. The van der Waals surface area contributed by atoms with Crippen molar-refractivity contribution in [2.45, 2.75) is 25.7 Å². The van der Waals surface area contributed by atoms with E-state index in [1.165, 1.54) is 22.9 Å². The summed E-state index contributed by atoms with van der Waals surface area (Å²) in [6.07, 6.45) is 0. The highest BCUT2D eigenvalue weighted by Crippen LogP contribution is 2.26. The molecule has 1 amide bonds. The Labute approximate surface area is 129 Å². The highest BCUT2D eigenvalue weighted by Gasteiger charge is 2.07. The summed E-state index contributed by atoms with van der Waals surface area (Å²) in [4.78, 5) is 13.0. The highest BCUT2D eigenvalue weighted by atomic mass is 32.2. The van der Waals surface area contributed by atoms with E-state index in [2.05, 4.69) is 12.2 Å². The largest absolute Gasteiger partial charge is 0.398 e. The van der Waals surface area contributed by atoms with Gasteiger partial charge in [-0.1, -0.05) is 12.1 Å². The van der Waals surface area contributed by atoms with Gasteiger partial charge in [-0.2, -0.15) is 0 Å². The van der Waals surface area contributed by atoms with Crippen molar-refractivity contribution < 1.29 is 4.79 Å². The second-order valence-electron chi connectivity index (χ2n) is 5.18. The minimum Gasteiger partial charge on any atom is -0.398 e. The van der Waals surface area contributed by atoms with E-state index in [1.807, 2.05) is 50.2 Å². The number of rotatable bonds is 4. The predicted molar refractivity (Wildman–Crippen MR) is 90.9 cm³/mol. The summed E-state index contributed by atoms with van der Waals surface area (Å²) in [6, 6.07) is 11.8. The number of aryl methyl sites for hydroxylation is 3. The Morgan fingerprint density at radius 3 is 2.57 bits per heavy atom. The van der Waals surface area contributed by atoms with E-state index in [-0.39, 0.29) is 5.91 Å². The molecule has 0 atom stereocenters. The van der Waals surface area contributed by atoms with Gasteiger partial charge in [0.15, 0.2) is 0 Å². The number of nitrogens with one attached hydrogen (secondary N) is 1. The average Bonchev–Trinajstić information content (AvgIpc) is 2.44. The fourth-order valence-corrected chi connectivity index (χ4v) is 2.79. The second kappa shape index (κ2) is 6.68. The van der Waals surface area contributed by atoms with E-state index in [4.69, 9.17) is 5.73 Å². The topological polar surface area (TPSA) is 55.1 Å². The quantitative estimate of drug-likeness (QED) is 0.664. The van der Waals surface area contributed by atoms with E-state index in [0.717, 1.165) is 16.1 Å². The minimum atomic E-state index is -0.0239. The molecule has 2 aromatic carbocycles. The molecule has 3 N–H and O–H groups in total. The fourth-order valence-electron chi connectivity index (χ4n) is 1.93. The number of benzene rings is 2. The first-order valence-corrected chi connectivity index (χ1v) is 7.80. The summed E-state index contributed by atoms with van der Waals surface area (Å²) in [6.45, 7) is 6.10. The van der Waals surface area contributed by atoms with Crippen LogP contribution in [0.5, 0.6) is 0 Å². The van der Waals surface area contributed by atoms with Crippen molar-refractivity contribution in [3.63, 3.8) is 0 Å². The summed E-state index contributed by atoms with van der Waals surface area (Å²) in [5.41, 5.74) is 11.0. The second-order valence-corrected chi connectivity index (χ2v) is 6.19. The molecule has 0 radical (unpaired) electrons. The zero-order valence-electron chi connectivity index (χ0n) is 12.6. The van der Waals surface area contributed by atoms with E-state index in [0.29, 0.717) is 11.4 Å². The van der Waals surface area contributed by atoms with Gasteiger partial charge in [-0.3, -0.25) is 4.79 Å². The van der Waals surface area contributed by atoms with E-state index in [9.17, 15) is 4.79 Å². The molecule has 0 aromatic heterocycles. The van der Waals surface area contributed by atoms with Crippen molar-refractivity contribution in [3.05, 3.63) is 53.1 Å². The van der Waals surface area contributed by atoms with Crippen LogP contribution in [0, 0.1) is 20.8 Å². The Bertz CT molecular complexity index is 668. The Kier molecular flexibility index (Phi) is 4.91. The summed E-state index contributed by atoms with van der Waals surface area (Å²) < 4.78 is 0. The SMILES string of the molecule is Cc1ccc(N)c(SCC(=O)Nc2ccc(C)c(C)c2)c1. The van der Waals surface area contributed by atoms with E-state index in [1.54, 1.807) is 0 Å². The summed E-state index contributed by atoms with van der Waals surface area (Å²) in [5.74, 6) is 0.324. The average molecular weight is 300 g/mol. The van der Waals surface area contributed by atoms with E-state index < -0.39 is 0 Å². The Morgan fingerprint density at radius 1 is 1.10 bits per heavy atom. The number of hydrogen-bond acceptors (Lipinski definition) is 3. The molecule has 0 saturated heterocycles. The van der Waals surface area contributed by atoms with Gasteiger partial charge < -0.3 is 11.1 Å². The molecule has 2 aromatic rings. The standard InChI is InChI=1S/C17H20N2OS/c1-11-4-7-15(18)16(8-11)21-10-17(20)19-14-6-5-12(2)13(3)9-14/h4-9H,10,18H2,1-3H3,(H,19,20). The maximum atomic E-state index is 12.0. The smallest absolute Gasteiger partial charge is 0.234 e. The molecule has 0 aliphatic heterocycles. The molecule has 0 spiro atoms. The van der Waals surface area contributed by atoms with Gasteiger partial charge in [0, 0.05) is 16.3 Å². The van der Waals surface area contributed by atoms with Gasteiger partial charge >= 0.3 is 0 Å². The van der Waals surface area contributed by atoms with Gasteiger partial charge in [0.1, 0.15) is 0 Å². The third kappa shape index (κ3) is 4.26. The third-order valence-corrected chi connectivity index (χ3v) is 4.39. The van der Waals surface area contributed by atoms with Crippen molar-refractivity contribution in [2.75, 3.05) is 16.8 Å². The zero-order chi connectivity index (χ0) is 15.4. The maximum Gasteiger partial charge on any atom is 0.234 e. The van der Waals surface area contributed by atoms with Crippen LogP contribution >= 0.6 is 11.8 Å². The normalized spacial score (nSPS) is 10.4. The highest BCUT2D eigenvalue weighted by molar-refractivity contribution is 8.00. The van der Waals surface area contributed by atoms with Crippen molar-refractivity contribution >= 4 is 29.0 Å². The number of carbonyl (C=O) groups is 1. The van der Waals surface area contributed by atoms with Crippen LogP contribution in [0.15, 0.2) is 41.3 Å². The van der Waals surface area contributed by atoms with E-state index >= 15 is 0 Å². The maximum absolute atomic E-state index is 12.0. The molecular formula is C17H20N2OS. The Hall–Kier alpha value is -1.94. The predicted octanol–water partition coefficient (Wildman–Crippen LogP) is 3.92. The lowest BCUT2D eigenvalue weighted by Crippen LogP contribution is -2.14. The van der Waals surface area contributed by atoms with Crippen LogP contribution in [0.25, 0.3) is 0 Å². The molecule has 0 saturated carbocycles. The molecule has 4 heteroatoms. The monoisotopic (exact) mass is 300 g/mol. The summed E-state index contributed by atoms with van der Waals surface area (Å²) >= 11 is 1.46. The summed E-state index contributed by atoms with van der Waals surface area (Å²) in [5, 5.41) is 2.91. The molecule has 0 bridgehead atoms.